The second kappa shape index (κ2) is 7.85. The Balaban J connectivity index is 1.51. The van der Waals surface area contributed by atoms with Crippen LogP contribution in [-0.4, -0.2) is 27.6 Å². The zero-order chi connectivity index (χ0) is 20.4. The fraction of sp³-hybridized carbons (Fsp3) is 0.0909. The molecule has 1 aliphatic rings. The molecule has 3 aromatic rings. The molecule has 3 amide bonds. The molecule has 7 heteroatoms. The van der Waals surface area contributed by atoms with Gasteiger partial charge in [0.05, 0.1) is 17.7 Å². The predicted octanol–water partition coefficient (Wildman–Crippen LogP) is 3.46. The van der Waals surface area contributed by atoms with E-state index in [1.54, 1.807) is 36.7 Å². The van der Waals surface area contributed by atoms with Gasteiger partial charge in [0, 0.05) is 29.5 Å². The number of rotatable bonds is 5. The number of carbonyl (C=O) groups excluding carboxylic acids is 3. The summed E-state index contributed by atoms with van der Waals surface area (Å²) in [5.41, 5.74) is 2.43. The molecule has 6 nitrogen and oxygen atoms in total. The first-order valence-electron chi connectivity index (χ1n) is 8.95. The van der Waals surface area contributed by atoms with E-state index < -0.39 is 5.91 Å². The average molecular weight is 406 g/mol. The maximum absolute atomic E-state index is 12.8. The molecule has 0 atom stereocenters. The van der Waals surface area contributed by atoms with E-state index in [4.69, 9.17) is 11.6 Å². The molecule has 29 heavy (non-hydrogen) atoms. The van der Waals surface area contributed by atoms with Gasteiger partial charge < -0.3 is 5.32 Å². The number of hydrogen-bond acceptors (Lipinski definition) is 4. The molecule has 0 bridgehead atoms. The number of fused-ring (bicyclic) bond motifs is 1. The molecule has 2 heterocycles. The maximum atomic E-state index is 12.8. The first kappa shape index (κ1) is 18.8. The lowest BCUT2D eigenvalue weighted by Crippen LogP contribution is -2.29. The smallest absolute Gasteiger partial charge is 0.261 e. The lowest BCUT2D eigenvalue weighted by atomic mass is 10.1. The van der Waals surface area contributed by atoms with Crippen molar-refractivity contribution in [2.45, 2.75) is 13.1 Å². The largest absolute Gasteiger partial charge is 0.348 e. The summed E-state index contributed by atoms with van der Waals surface area (Å²) in [5.74, 6) is -1.13. The maximum Gasteiger partial charge on any atom is 0.261 e. The summed E-state index contributed by atoms with van der Waals surface area (Å²) in [6, 6.07) is 15.2. The Labute approximate surface area is 172 Å². The number of aromatic nitrogens is 1. The van der Waals surface area contributed by atoms with Gasteiger partial charge in [-0.25, -0.2) is 0 Å². The quantitative estimate of drug-likeness (QED) is 0.659. The minimum Gasteiger partial charge on any atom is -0.348 e. The highest BCUT2D eigenvalue weighted by molar-refractivity contribution is 6.31. The van der Waals surface area contributed by atoms with Crippen molar-refractivity contribution >= 4 is 29.3 Å². The molecule has 0 aliphatic carbocycles. The summed E-state index contributed by atoms with van der Waals surface area (Å²) in [6.45, 7) is 0.416. The summed E-state index contributed by atoms with van der Waals surface area (Å²) in [5, 5.41) is 3.35. The first-order chi connectivity index (χ1) is 14.0. The summed E-state index contributed by atoms with van der Waals surface area (Å²) in [4.78, 5) is 43.0. The number of imide groups is 1. The molecule has 2 aromatic carbocycles. The van der Waals surface area contributed by atoms with Gasteiger partial charge in [0.25, 0.3) is 17.7 Å². The van der Waals surface area contributed by atoms with Gasteiger partial charge >= 0.3 is 0 Å². The van der Waals surface area contributed by atoms with E-state index in [1.165, 1.54) is 17.0 Å². The fourth-order valence-electron chi connectivity index (χ4n) is 3.17. The standard InChI is InChI=1S/C22H16ClN3O3/c23-19-4-2-1-3-16(19)12-25-20(27)15-5-6-17-18(11-15)22(29)26(21(17)28)13-14-7-9-24-10-8-14/h1-11H,12-13H2,(H,25,27). The Morgan fingerprint density at radius 1 is 0.966 bits per heavy atom. The molecule has 0 unspecified atom stereocenters. The van der Waals surface area contributed by atoms with Crippen molar-refractivity contribution < 1.29 is 14.4 Å². The third-order valence-electron chi connectivity index (χ3n) is 4.72. The molecular formula is C22H16ClN3O3. The van der Waals surface area contributed by atoms with Crippen LogP contribution in [0.5, 0.6) is 0 Å². The normalized spacial score (nSPS) is 12.8. The first-order valence-corrected chi connectivity index (χ1v) is 9.33. The molecule has 0 saturated carbocycles. The molecular weight excluding hydrogens is 390 g/mol. The topological polar surface area (TPSA) is 79.4 Å². The molecule has 0 saturated heterocycles. The number of pyridine rings is 1. The Morgan fingerprint density at radius 2 is 1.69 bits per heavy atom. The van der Waals surface area contributed by atoms with Crippen LogP contribution in [0.3, 0.4) is 0 Å². The average Bonchev–Trinajstić information content (AvgIpc) is 2.98. The van der Waals surface area contributed by atoms with Crippen LogP contribution in [0.15, 0.2) is 67.0 Å². The minimum absolute atomic E-state index is 0.156. The molecule has 0 fully saturated rings. The monoisotopic (exact) mass is 405 g/mol. The molecule has 0 radical (unpaired) electrons. The Bertz CT molecular complexity index is 1120. The van der Waals surface area contributed by atoms with Gasteiger partial charge in [-0.1, -0.05) is 29.8 Å². The van der Waals surface area contributed by atoms with Crippen molar-refractivity contribution in [1.29, 1.82) is 0 Å². The van der Waals surface area contributed by atoms with Gasteiger partial charge in [0.1, 0.15) is 0 Å². The third-order valence-corrected chi connectivity index (χ3v) is 5.09. The van der Waals surface area contributed by atoms with Crippen molar-refractivity contribution in [3.05, 3.63) is 99.8 Å². The van der Waals surface area contributed by atoms with Crippen molar-refractivity contribution in [2.24, 2.45) is 0 Å². The van der Waals surface area contributed by atoms with E-state index in [0.717, 1.165) is 11.1 Å². The lowest BCUT2D eigenvalue weighted by Gasteiger charge is -2.13. The van der Waals surface area contributed by atoms with Gasteiger partial charge in [-0.05, 0) is 47.5 Å². The van der Waals surface area contributed by atoms with Crippen molar-refractivity contribution in [3.8, 4) is 0 Å². The van der Waals surface area contributed by atoms with E-state index in [-0.39, 0.29) is 30.5 Å². The van der Waals surface area contributed by atoms with Crippen LogP contribution in [0.4, 0.5) is 0 Å². The van der Waals surface area contributed by atoms with Crippen LogP contribution in [0.2, 0.25) is 5.02 Å². The van der Waals surface area contributed by atoms with Crippen LogP contribution in [0, 0.1) is 0 Å². The lowest BCUT2D eigenvalue weighted by molar-refractivity contribution is 0.0642. The van der Waals surface area contributed by atoms with Gasteiger partial charge in [-0.2, -0.15) is 0 Å². The van der Waals surface area contributed by atoms with E-state index in [2.05, 4.69) is 10.3 Å². The van der Waals surface area contributed by atoms with Crippen molar-refractivity contribution in [1.82, 2.24) is 15.2 Å². The number of amides is 3. The molecule has 1 aromatic heterocycles. The van der Waals surface area contributed by atoms with E-state index >= 15 is 0 Å². The SMILES string of the molecule is O=C(NCc1ccccc1Cl)c1ccc2c(c1)C(=O)N(Cc1ccncc1)C2=O. The van der Waals surface area contributed by atoms with Gasteiger partial charge in [0.2, 0.25) is 0 Å². The Hall–Kier alpha value is -3.51. The van der Waals surface area contributed by atoms with E-state index in [9.17, 15) is 14.4 Å². The zero-order valence-corrected chi connectivity index (χ0v) is 16.0. The second-order valence-electron chi connectivity index (χ2n) is 6.59. The molecule has 1 aliphatic heterocycles. The number of nitrogens with zero attached hydrogens (tertiary/aromatic N) is 2. The zero-order valence-electron chi connectivity index (χ0n) is 15.3. The summed E-state index contributed by atoms with van der Waals surface area (Å²) in [7, 11) is 0. The molecule has 1 N–H and O–H groups in total. The van der Waals surface area contributed by atoms with Crippen molar-refractivity contribution in [2.75, 3.05) is 0 Å². The fourth-order valence-corrected chi connectivity index (χ4v) is 3.37. The molecule has 0 spiro atoms. The Morgan fingerprint density at radius 3 is 2.45 bits per heavy atom. The van der Waals surface area contributed by atoms with Crippen LogP contribution in [-0.2, 0) is 13.1 Å². The summed E-state index contributed by atoms with van der Waals surface area (Å²) in [6.07, 6.45) is 3.21. The van der Waals surface area contributed by atoms with Crippen LogP contribution in [0.1, 0.15) is 42.2 Å². The number of carbonyl (C=O) groups is 3. The highest BCUT2D eigenvalue weighted by Crippen LogP contribution is 2.25. The molecule has 144 valence electrons. The predicted molar refractivity (Wildman–Crippen MR) is 108 cm³/mol. The number of nitrogens with one attached hydrogen (secondary N) is 1. The summed E-state index contributed by atoms with van der Waals surface area (Å²) >= 11 is 6.11. The van der Waals surface area contributed by atoms with Gasteiger partial charge in [-0.15, -0.1) is 0 Å². The summed E-state index contributed by atoms with van der Waals surface area (Å²) < 4.78 is 0. The van der Waals surface area contributed by atoms with Crippen molar-refractivity contribution in [3.63, 3.8) is 0 Å². The second-order valence-corrected chi connectivity index (χ2v) is 6.99. The minimum atomic E-state index is -0.414. The van der Waals surface area contributed by atoms with Crippen LogP contribution < -0.4 is 5.32 Å². The highest BCUT2D eigenvalue weighted by atomic mass is 35.5. The van der Waals surface area contributed by atoms with E-state index in [0.29, 0.717) is 16.1 Å². The number of benzene rings is 2. The number of hydrogen-bond donors (Lipinski definition) is 1. The van der Waals surface area contributed by atoms with Crippen LogP contribution in [0.25, 0.3) is 0 Å². The van der Waals surface area contributed by atoms with E-state index in [1.807, 2.05) is 18.2 Å². The van der Waals surface area contributed by atoms with Gasteiger partial charge in [0.15, 0.2) is 0 Å². The highest BCUT2D eigenvalue weighted by Gasteiger charge is 2.36. The number of halogens is 1. The molecule has 4 rings (SSSR count). The van der Waals surface area contributed by atoms with Crippen LogP contribution >= 0.6 is 11.6 Å². The Kier molecular flexibility index (Phi) is 5.10. The third kappa shape index (κ3) is 3.75. The van der Waals surface area contributed by atoms with Gasteiger partial charge in [-0.3, -0.25) is 24.3 Å².